The quantitative estimate of drug-likeness (QED) is 0.484. The van der Waals surface area contributed by atoms with E-state index in [0.717, 1.165) is 28.2 Å². The van der Waals surface area contributed by atoms with E-state index in [-0.39, 0.29) is 6.10 Å². The molecule has 4 aromatic heterocycles. The zero-order valence-electron chi connectivity index (χ0n) is 16.0. The van der Waals surface area contributed by atoms with Crippen LogP contribution in [0.25, 0.3) is 22.4 Å². The van der Waals surface area contributed by atoms with Gasteiger partial charge in [0.15, 0.2) is 5.65 Å². The maximum atomic E-state index is 5.93. The Labute approximate surface area is 172 Å². The first kappa shape index (κ1) is 18.9. The first-order chi connectivity index (χ1) is 13.9. The Morgan fingerprint density at radius 3 is 2.52 bits per heavy atom. The zero-order chi connectivity index (χ0) is 20.5. The number of halogens is 1. The van der Waals surface area contributed by atoms with Gasteiger partial charge in [-0.3, -0.25) is 0 Å². The number of aromatic nitrogens is 5. The van der Waals surface area contributed by atoms with Gasteiger partial charge in [0, 0.05) is 11.6 Å². The molecule has 1 atom stereocenters. The third-order valence-electron chi connectivity index (χ3n) is 4.39. The van der Waals surface area contributed by atoms with Crippen LogP contribution in [-0.4, -0.2) is 30.6 Å². The molecule has 148 valence electrons. The van der Waals surface area contributed by atoms with Crippen molar-refractivity contribution in [3.8, 4) is 17.1 Å². The molecular formula is C20H20ClN7O. The lowest BCUT2D eigenvalue weighted by molar-refractivity contribution is 0.192. The van der Waals surface area contributed by atoms with Gasteiger partial charge in [0.2, 0.25) is 5.88 Å². The molecule has 0 amide bonds. The minimum Gasteiger partial charge on any atom is -0.473 e. The van der Waals surface area contributed by atoms with E-state index in [1.54, 1.807) is 30.3 Å². The maximum absolute atomic E-state index is 5.93. The molecule has 4 aromatic rings. The summed E-state index contributed by atoms with van der Waals surface area (Å²) in [6.07, 6.45) is -0.172. The normalized spacial score (nSPS) is 12.2. The van der Waals surface area contributed by atoms with Crippen LogP contribution < -0.4 is 16.2 Å². The van der Waals surface area contributed by atoms with E-state index in [1.165, 1.54) is 0 Å². The van der Waals surface area contributed by atoms with Crippen molar-refractivity contribution in [2.75, 3.05) is 11.5 Å². The molecular weight excluding hydrogens is 390 g/mol. The Balaban J connectivity index is 1.66. The molecule has 0 aromatic carbocycles. The van der Waals surface area contributed by atoms with Gasteiger partial charge in [0.05, 0.1) is 12.2 Å². The molecule has 0 aliphatic rings. The van der Waals surface area contributed by atoms with E-state index in [1.807, 2.05) is 30.5 Å². The maximum Gasteiger partial charge on any atom is 0.214 e. The van der Waals surface area contributed by atoms with Crippen LogP contribution in [0.5, 0.6) is 5.88 Å². The standard InChI is InChI=1S/C20H20ClN7O/c1-11(29-19-5-3-4-16(21)26-19)10-28-12(2)24-15-7-6-14(25-20(15)28)13-8-17(22)27-18(23)9-13/h3-9,11H,10H2,1-2H3,(H4,22,23,27)/t11-/m1/s1. The minimum absolute atomic E-state index is 0.172. The molecule has 4 N–H and O–H groups in total. The predicted molar refractivity (Wildman–Crippen MR) is 114 cm³/mol. The molecule has 0 unspecified atom stereocenters. The van der Waals surface area contributed by atoms with Crippen LogP contribution in [0.15, 0.2) is 42.5 Å². The Morgan fingerprint density at radius 1 is 1.03 bits per heavy atom. The molecule has 0 saturated heterocycles. The van der Waals surface area contributed by atoms with E-state index >= 15 is 0 Å². The molecule has 29 heavy (non-hydrogen) atoms. The van der Waals surface area contributed by atoms with E-state index in [2.05, 4.69) is 15.0 Å². The van der Waals surface area contributed by atoms with Crippen molar-refractivity contribution in [1.82, 2.24) is 24.5 Å². The van der Waals surface area contributed by atoms with Gasteiger partial charge in [0.25, 0.3) is 0 Å². The number of nitrogens with zero attached hydrogens (tertiary/aromatic N) is 5. The fourth-order valence-corrected chi connectivity index (χ4v) is 3.33. The molecule has 0 aliphatic heterocycles. The molecule has 0 saturated carbocycles. The average Bonchev–Trinajstić information content (AvgIpc) is 2.95. The van der Waals surface area contributed by atoms with Crippen molar-refractivity contribution in [3.63, 3.8) is 0 Å². The van der Waals surface area contributed by atoms with Crippen LogP contribution in [-0.2, 0) is 6.54 Å². The number of rotatable bonds is 5. The van der Waals surface area contributed by atoms with Gasteiger partial charge in [-0.1, -0.05) is 17.7 Å². The first-order valence-electron chi connectivity index (χ1n) is 9.05. The van der Waals surface area contributed by atoms with Crippen LogP contribution in [0, 0.1) is 6.92 Å². The van der Waals surface area contributed by atoms with E-state index < -0.39 is 0 Å². The second-order valence-electron chi connectivity index (χ2n) is 6.74. The van der Waals surface area contributed by atoms with Crippen LogP contribution in [0.3, 0.4) is 0 Å². The van der Waals surface area contributed by atoms with Gasteiger partial charge < -0.3 is 20.8 Å². The highest BCUT2D eigenvalue weighted by atomic mass is 35.5. The molecule has 0 spiro atoms. The fourth-order valence-electron chi connectivity index (χ4n) is 3.17. The van der Waals surface area contributed by atoms with Gasteiger partial charge in [0.1, 0.15) is 34.2 Å². The van der Waals surface area contributed by atoms with E-state index in [4.69, 9.17) is 32.8 Å². The largest absolute Gasteiger partial charge is 0.473 e. The lowest BCUT2D eigenvalue weighted by Crippen LogP contribution is -2.21. The number of pyridine rings is 3. The second-order valence-corrected chi connectivity index (χ2v) is 7.13. The smallest absolute Gasteiger partial charge is 0.214 e. The molecule has 0 aliphatic carbocycles. The number of hydrogen-bond donors (Lipinski definition) is 2. The summed E-state index contributed by atoms with van der Waals surface area (Å²) in [4.78, 5) is 17.6. The van der Waals surface area contributed by atoms with E-state index in [0.29, 0.717) is 29.2 Å². The molecule has 0 radical (unpaired) electrons. The lowest BCUT2D eigenvalue weighted by Gasteiger charge is -2.16. The summed E-state index contributed by atoms with van der Waals surface area (Å²) in [5.41, 5.74) is 14.7. The molecule has 8 nitrogen and oxygen atoms in total. The average molecular weight is 410 g/mol. The number of nitrogens with two attached hydrogens (primary N) is 2. The molecule has 9 heteroatoms. The topological polar surface area (TPSA) is 118 Å². The first-order valence-corrected chi connectivity index (χ1v) is 9.43. The predicted octanol–water partition coefficient (Wildman–Crippen LogP) is 3.48. The highest BCUT2D eigenvalue weighted by Gasteiger charge is 2.15. The molecule has 0 fully saturated rings. The van der Waals surface area contributed by atoms with Crippen molar-refractivity contribution in [3.05, 3.63) is 53.4 Å². The summed E-state index contributed by atoms with van der Waals surface area (Å²) in [5.74, 6) is 2.02. The third-order valence-corrected chi connectivity index (χ3v) is 4.61. The summed E-state index contributed by atoms with van der Waals surface area (Å²) in [6.45, 7) is 4.45. The van der Waals surface area contributed by atoms with E-state index in [9.17, 15) is 0 Å². The Kier molecular flexibility index (Phi) is 4.94. The van der Waals surface area contributed by atoms with Crippen LogP contribution in [0.2, 0.25) is 5.15 Å². The van der Waals surface area contributed by atoms with Gasteiger partial charge in [-0.2, -0.15) is 0 Å². The summed E-state index contributed by atoms with van der Waals surface area (Å²) in [7, 11) is 0. The number of nitrogen functional groups attached to an aromatic ring is 2. The summed E-state index contributed by atoms with van der Waals surface area (Å²) in [6, 6.07) is 12.6. The van der Waals surface area contributed by atoms with Gasteiger partial charge in [-0.25, -0.2) is 19.9 Å². The van der Waals surface area contributed by atoms with Gasteiger partial charge in [-0.05, 0) is 44.2 Å². The van der Waals surface area contributed by atoms with Gasteiger partial charge in [-0.15, -0.1) is 0 Å². The van der Waals surface area contributed by atoms with Crippen molar-refractivity contribution in [2.24, 2.45) is 0 Å². The molecule has 4 rings (SSSR count). The Morgan fingerprint density at radius 2 is 1.79 bits per heavy atom. The number of imidazole rings is 1. The van der Waals surface area contributed by atoms with Crippen molar-refractivity contribution >= 4 is 34.4 Å². The van der Waals surface area contributed by atoms with Crippen molar-refractivity contribution in [1.29, 1.82) is 0 Å². The summed E-state index contributed by atoms with van der Waals surface area (Å²) >= 11 is 5.93. The number of aryl methyl sites for hydroxylation is 1. The van der Waals surface area contributed by atoms with Gasteiger partial charge >= 0.3 is 0 Å². The number of hydrogen-bond acceptors (Lipinski definition) is 7. The summed E-state index contributed by atoms with van der Waals surface area (Å²) in [5, 5.41) is 0.390. The summed E-state index contributed by atoms with van der Waals surface area (Å²) < 4.78 is 7.92. The zero-order valence-corrected chi connectivity index (χ0v) is 16.8. The third kappa shape index (κ3) is 4.07. The number of anilines is 2. The van der Waals surface area contributed by atoms with Crippen molar-refractivity contribution in [2.45, 2.75) is 26.5 Å². The second kappa shape index (κ2) is 7.56. The molecule has 4 heterocycles. The lowest BCUT2D eigenvalue weighted by atomic mass is 10.1. The highest BCUT2D eigenvalue weighted by Crippen LogP contribution is 2.24. The Hall–Kier alpha value is -3.39. The van der Waals surface area contributed by atoms with Crippen LogP contribution in [0.1, 0.15) is 12.7 Å². The Bertz CT molecular complexity index is 1170. The van der Waals surface area contributed by atoms with Crippen molar-refractivity contribution < 1.29 is 4.74 Å². The molecule has 0 bridgehead atoms. The fraction of sp³-hybridized carbons (Fsp3) is 0.200. The minimum atomic E-state index is -0.172. The number of ether oxygens (including phenoxy) is 1. The van der Waals surface area contributed by atoms with Crippen LogP contribution >= 0.6 is 11.6 Å². The number of fused-ring (bicyclic) bond motifs is 1. The van der Waals surface area contributed by atoms with Crippen LogP contribution in [0.4, 0.5) is 11.6 Å². The SMILES string of the molecule is Cc1nc2ccc(-c3cc(N)nc(N)c3)nc2n1C[C@@H](C)Oc1cccc(Cl)n1. The highest BCUT2D eigenvalue weighted by molar-refractivity contribution is 6.29. The monoisotopic (exact) mass is 409 g/mol.